The topological polar surface area (TPSA) is 83.6 Å². The summed E-state index contributed by atoms with van der Waals surface area (Å²) in [5.41, 5.74) is 0.402. The lowest BCUT2D eigenvalue weighted by atomic mass is 10.1. The molecule has 1 aliphatic heterocycles. The van der Waals surface area contributed by atoms with Crippen molar-refractivity contribution in [3.8, 4) is 0 Å². The van der Waals surface area contributed by atoms with E-state index in [2.05, 4.69) is 5.32 Å². The Morgan fingerprint density at radius 3 is 2.20 bits per heavy atom. The number of hydrogen-bond donors (Lipinski definition) is 1. The van der Waals surface area contributed by atoms with Crippen LogP contribution >= 0.6 is 0 Å². The third-order valence-corrected chi connectivity index (χ3v) is 4.34. The maximum Gasteiger partial charge on any atom is 0.251 e. The Morgan fingerprint density at radius 1 is 1.20 bits per heavy atom. The number of rotatable bonds is 3. The number of nitrogens with one attached hydrogen (secondary N) is 1. The van der Waals surface area contributed by atoms with E-state index in [4.69, 9.17) is 0 Å². The zero-order valence-electron chi connectivity index (χ0n) is 11.3. The van der Waals surface area contributed by atoms with Crippen molar-refractivity contribution < 1.29 is 18.0 Å². The van der Waals surface area contributed by atoms with Gasteiger partial charge in [0.1, 0.15) is 0 Å². The molecule has 1 N–H and O–H groups in total. The molecule has 1 aromatic carbocycles. The Bertz CT molecular complexity index is 631. The van der Waals surface area contributed by atoms with Crippen LogP contribution in [-0.2, 0) is 14.6 Å². The van der Waals surface area contributed by atoms with E-state index in [1.165, 1.54) is 31.2 Å². The monoisotopic (exact) mass is 296 g/mol. The summed E-state index contributed by atoms with van der Waals surface area (Å²) in [6, 6.07) is 5.74. The Kier molecular flexibility index (Phi) is 3.80. The summed E-state index contributed by atoms with van der Waals surface area (Å²) in [5.74, 6) is -0.272. The fourth-order valence-electron chi connectivity index (χ4n) is 1.95. The molecule has 6 nitrogen and oxygen atoms in total. The van der Waals surface area contributed by atoms with Crippen molar-refractivity contribution in [2.75, 3.05) is 19.3 Å². The summed E-state index contributed by atoms with van der Waals surface area (Å²) in [7, 11) is -3.25. The number of carbonyl (C=O) groups excluding carboxylic acids is 2. The number of likely N-dealkylation sites (tertiary alicyclic amines) is 1. The third kappa shape index (κ3) is 3.16. The molecule has 0 aliphatic carbocycles. The molecule has 1 aliphatic rings. The number of sulfone groups is 1. The van der Waals surface area contributed by atoms with Crippen molar-refractivity contribution in [3.63, 3.8) is 0 Å². The number of nitrogens with zero attached hydrogens (tertiary/aromatic N) is 1. The van der Waals surface area contributed by atoms with E-state index in [1.807, 2.05) is 0 Å². The predicted molar refractivity (Wildman–Crippen MR) is 73.1 cm³/mol. The van der Waals surface area contributed by atoms with Gasteiger partial charge in [0.15, 0.2) is 9.84 Å². The number of hydrogen-bond acceptors (Lipinski definition) is 4. The van der Waals surface area contributed by atoms with E-state index in [0.717, 1.165) is 6.26 Å². The standard InChI is InChI=1S/C13H16N2O4S/c1-9(16)15-7-11(8-15)14-13(17)10-3-5-12(6-4-10)20(2,18)19/h3-6,11H,7-8H2,1-2H3,(H,14,17). The van der Waals surface area contributed by atoms with E-state index >= 15 is 0 Å². The van der Waals surface area contributed by atoms with Gasteiger partial charge in [-0.25, -0.2) is 8.42 Å². The highest BCUT2D eigenvalue weighted by molar-refractivity contribution is 7.90. The molecule has 0 radical (unpaired) electrons. The van der Waals surface area contributed by atoms with Crippen LogP contribution in [0, 0.1) is 0 Å². The second-order valence-corrected chi connectivity index (χ2v) is 6.91. The smallest absolute Gasteiger partial charge is 0.251 e. The molecule has 0 atom stereocenters. The van der Waals surface area contributed by atoms with Crippen molar-refractivity contribution in [2.45, 2.75) is 17.9 Å². The minimum Gasteiger partial charge on any atom is -0.346 e. The molecule has 2 rings (SSSR count). The van der Waals surface area contributed by atoms with Crippen LogP contribution in [0.5, 0.6) is 0 Å². The van der Waals surface area contributed by atoms with Gasteiger partial charge in [0, 0.05) is 31.8 Å². The van der Waals surface area contributed by atoms with Crippen molar-refractivity contribution in [1.82, 2.24) is 10.2 Å². The second kappa shape index (κ2) is 5.24. The van der Waals surface area contributed by atoms with Crippen LogP contribution in [0.15, 0.2) is 29.2 Å². The molecule has 1 aromatic rings. The molecular weight excluding hydrogens is 280 g/mol. The minimum absolute atomic E-state index is 0.00648. The normalized spacial score (nSPS) is 15.6. The molecular formula is C13H16N2O4S. The van der Waals surface area contributed by atoms with Crippen LogP contribution in [-0.4, -0.2) is 50.5 Å². The molecule has 7 heteroatoms. The highest BCUT2D eigenvalue weighted by Gasteiger charge is 2.29. The van der Waals surface area contributed by atoms with Gasteiger partial charge in [-0.3, -0.25) is 9.59 Å². The first kappa shape index (κ1) is 14.5. The van der Waals surface area contributed by atoms with Crippen molar-refractivity contribution in [1.29, 1.82) is 0 Å². The molecule has 0 aromatic heterocycles. The summed E-state index contributed by atoms with van der Waals surface area (Å²) in [4.78, 5) is 24.8. The summed E-state index contributed by atoms with van der Waals surface area (Å²) in [5, 5.41) is 2.79. The summed E-state index contributed by atoms with van der Waals surface area (Å²) >= 11 is 0. The maximum atomic E-state index is 11.9. The van der Waals surface area contributed by atoms with Crippen LogP contribution in [0.4, 0.5) is 0 Å². The molecule has 1 saturated heterocycles. The molecule has 0 bridgehead atoms. The fraction of sp³-hybridized carbons (Fsp3) is 0.385. The van der Waals surface area contributed by atoms with E-state index in [9.17, 15) is 18.0 Å². The molecule has 0 saturated carbocycles. The number of benzene rings is 1. The van der Waals surface area contributed by atoms with Crippen LogP contribution < -0.4 is 5.32 Å². The van der Waals surface area contributed by atoms with Gasteiger partial charge in [0.05, 0.1) is 10.9 Å². The first-order valence-electron chi connectivity index (χ1n) is 6.14. The number of carbonyl (C=O) groups is 2. The quantitative estimate of drug-likeness (QED) is 0.854. The molecule has 0 spiro atoms. The van der Waals surface area contributed by atoms with Crippen molar-refractivity contribution in [2.24, 2.45) is 0 Å². The summed E-state index contributed by atoms with van der Waals surface area (Å²) < 4.78 is 22.6. The summed E-state index contributed by atoms with van der Waals surface area (Å²) in [6.45, 7) is 2.52. The molecule has 108 valence electrons. The van der Waals surface area contributed by atoms with E-state index in [0.29, 0.717) is 18.7 Å². The van der Waals surface area contributed by atoms with Crippen LogP contribution in [0.25, 0.3) is 0 Å². The highest BCUT2D eigenvalue weighted by atomic mass is 32.2. The van der Waals surface area contributed by atoms with Gasteiger partial charge in [0.2, 0.25) is 5.91 Å². The average molecular weight is 296 g/mol. The SMILES string of the molecule is CC(=O)N1CC(NC(=O)c2ccc(S(C)(=O)=O)cc2)C1. The Labute approximate surface area is 117 Å². The third-order valence-electron chi connectivity index (χ3n) is 3.21. The maximum absolute atomic E-state index is 11.9. The highest BCUT2D eigenvalue weighted by Crippen LogP contribution is 2.12. The first-order chi connectivity index (χ1) is 9.27. The average Bonchev–Trinajstić information content (AvgIpc) is 2.31. The van der Waals surface area contributed by atoms with E-state index in [-0.39, 0.29) is 22.8 Å². The Morgan fingerprint density at radius 2 is 1.75 bits per heavy atom. The molecule has 1 heterocycles. The van der Waals surface area contributed by atoms with Crippen LogP contribution in [0.3, 0.4) is 0 Å². The second-order valence-electron chi connectivity index (χ2n) is 4.89. The van der Waals surface area contributed by atoms with Gasteiger partial charge in [0.25, 0.3) is 5.91 Å². The van der Waals surface area contributed by atoms with Gasteiger partial charge in [-0.1, -0.05) is 0 Å². The molecule has 0 unspecified atom stereocenters. The van der Waals surface area contributed by atoms with Gasteiger partial charge in [-0.05, 0) is 24.3 Å². The lowest BCUT2D eigenvalue weighted by Crippen LogP contribution is -2.60. The fourth-order valence-corrected chi connectivity index (χ4v) is 2.58. The molecule has 2 amide bonds. The van der Waals surface area contributed by atoms with E-state index < -0.39 is 9.84 Å². The largest absolute Gasteiger partial charge is 0.346 e. The van der Waals surface area contributed by atoms with Gasteiger partial charge in [-0.15, -0.1) is 0 Å². The van der Waals surface area contributed by atoms with Crippen LogP contribution in [0.1, 0.15) is 17.3 Å². The first-order valence-corrected chi connectivity index (χ1v) is 8.03. The van der Waals surface area contributed by atoms with Gasteiger partial charge >= 0.3 is 0 Å². The number of amides is 2. The van der Waals surface area contributed by atoms with E-state index in [1.54, 1.807) is 4.90 Å². The Hall–Kier alpha value is -1.89. The minimum atomic E-state index is -3.25. The Balaban J connectivity index is 1.96. The van der Waals surface area contributed by atoms with Gasteiger partial charge < -0.3 is 10.2 Å². The molecule has 20 heavy (non-hydrogen) atoms. The zero-order valence-corrected chi connectivity index (χ0v) is 12.1. The van der Waals surface area contributed by atoms with Crippen molar-refractivity contribution in [3.05, 3.63) is 29.8 Å². The van der Waals surface area contributed by atoms with Gasteiger partial charge in [-0.2, -0.15) is 0 Å². The predicted octanol–water partition coefficient (Wildman–Crippen LogP) is 0.0506. The lowest BCUT2D eigenvalue weighted by Gasteiger charge is -2.38. The lowest BCUT2D eigenvalue weighted by molar-refractivity contribution is -0.133. The van der Waals surface area contributed by atoms with Crippen LogP contribution in [0.2, 0.25) is 0 Å². The molecule has 1 fully saturated rings. The summed E-state index contributed by atoms with van der Waals surface area (Å²) in [6.07, 6.45) is 1.12. The zero-order chi connectivity index (χ0) is 14.9. The van der Waals surface area contributed by atoms with Crippen molar-refractivity contribution >= 4 is 21.7 Å².